The summed E-state index contributed by atoms with van der Waals surface area (Å²) in [5.74, 6) is 0.796. The zero-order valence-corrected chi connectivity index (χ0v) is 9.49. The number of fused-ring (bicyclic) bond motifs is 3. The minimum Gasteiger partial charge on any atom is -0.326 e. The molecule has 5 heteroatoms. The molecule has 3 N–H and O–H groups in total. The summed E-state index contributed by atoms with van der Waals surface area (Å²) < 4.78 is 1.97. The Bertz CT molecular complexity index is 665. The molecule has 0 amide bonds. The van der Waals surface area contributed by atoms with E-state index in [0.717, 1.165) is 22.5 Å². The van der Waals surface area contributed by atoms with Crippen LogP contribution in [0.4, 0.5) is 0 Å². The first-order chi connectivity index (χ1) is 7.65. The summed E-state index contributed by atoms with van der Waals surface area (Å²) in [6.45, 7) is 1.93. The van der Waals surface area contributed by atoms with Crippen molar-refractivity contribution in [1.82, 2.24) is 14.4 Å². The Hall–Kier alpha value is -1.52. The normalized spacial score (nSPS) is 13.7. The van der Waals surface area contributed by atoms with E-state index in [1.165, 1.54) is 0 Å². The van der Waals surface area contributed by atoms with Crippen molar-refractivity contribution in [1.29, 1.82) is 0 Å². The lowest BCUT2D eigenvalue weighted by molar-refractivity contribution is 0.789. The van der Waals surface area contributed by atoms with Crippen LogP contribution < -0.4 is 5.73 Å². The molecule has 0 spiro atoms. The van der Waals surface area contributed by atoms with Crippen molar-refractivity contribution in [2.24, 2.45) is 5.73 Å². The van der Waals surface area contributed by atoms with Crippen molar-refractivity contribution in [3.05, 3.63) is 35.1 Å². The third-order valence-corrected chi connectivity index (χ3v) is 2.90. The van der Waals surface area contributed by atoms with Crippen molar-refractivity contribution >= 4 is 28.4 Å². The third kappa shape index (κ3) is 1.31. The Morgan fingerprint density at radius 3 is 3.06 bits per heavy atom. The lowest BCUT2D eigenvalue weighted by Crippen LogP contribution is -2.04. The Morgan fingerprint density at radius 1 is 1.50 bits per heavy atom. The lowest BCUT2D eigenvalue weighted by Gasteiger charge is -1.98. The van der Waals surface area contributed by atoms with Gasteiger partial charge < -0.3 is 10.7 Å². The molecular weight excluding hydrogens is 224 g/mol. The van der Waals surface area contributed by atoms with E-state index in [1.54, 1.807) is 0 Å². The van der Waals surface area contributed by atoms with Crippen molar-refractivity contribution in [2.75, 3.05) is 0 Å². The first kappa shape index (κ1) is 9.69. The van der Waals surface area contributed by atoms with E-state index in [9.17, 15) is 0 Å². The van der Waals surface area contributed by atoms with Crippen LogP contribution in [0.25, 0.3) is 16.8 Å². The molecule has 1 atom stereocenters. The molecule has 0 bridgehead atoms. The molecule has 0 saturated carbocycles. The number of aromatic nitrogens is 3. The van der Waals surface area contributed by atoms with Crippen molar-refractivity contribution < 1.29 is 0 Å². The monoisotopic (exact) mass is 234 g/mol. The number of aromatic amines is 1. The number of benzene rings is 1. The molecule has 0 aliphatic heterocycles. The average molecular weight is 235 g/mol. The summed E-state index contributed by atoms with van der Waals surface area (Å²) in [4.78, 5) is 7.64. The van der Waals surface area contributed by atoms with Gasteiger partial charge in [0.1, 0.15) is 0 Å². The minimum absolute atomic E-state index is 0.0315. The van der Waals surface area contributed by atoms with E-state index in [0.29, 0.717) is 5.02 Å². The second-order valence-corrected chi connectivity index (χ2v) is 4.37. The molecule has 82 valence electrons. The van der Waals surface area contributed by atoms with Gasteiger partial charge in [-0.2, -0.15) is 0 Å². The Morgan fingerprint density at radius 2 is 2.31 bits per heavy atom. The van der Waals surface area contributed by atoms with Crippen LogP contribution in [0, 0.1) is 0 Å². The summed E-state index contributed by atoms with van der Waals surface area (Å²) in [5.41, 5.74) is 8.69. The fraction of sp³-hybridized carbons (Fsp3) is 0.182. The number of nitrogens with two attached hydrogens (primary N) is 1. The number of nitrogens with zero attached hydrogens (tertiary/aromatic N) is 2. The van der Waals surface area contributed by atoms with Gasteiger partial charge in [-0.25, -0.2) is 4.98 Å². The molecule has 2 aromatic heterocycles. The Kier molecular flexibility index (Phi) is 1.96. The molecule has 3 rings (SSSR count). The summed E-state index contributed by atoms with van der Waals surface area (Å²) in [6, 6.07) is 5.61. The first-order valence-electron chi connectivity index (χ1n) is 5.07. The lowest BCUT2D eigenvalue weighted by atomic mass is 10.3. The van der Waals surface area contributed by atoms with E-state index in [1.807, 2.05) is 35.7 Å². The standard InChI is InChI=1S/C11H11ClN4/c1-6(13)9-5-16-10-4-7(12)2-3-8(10)14-11(16)15-9/h2-6H,13H2,1H3,(H,14,15). The number of hydrogen-bond donors (Lipinski definition) is 2. The van der Waals surface area contributed by atoms with Gasteiger partial charge >= 0.3 is 0 Å². The molecule has 0 aliphatic carbocycles. The molecule has 0 radical (unpaired) electrons. The fourth-order valence-electron chi connectivity index (χ4n) is 1.82. The van der Waals surface area contributed by atoms with Crippen LogP contribution in [0.5, 0.6) is 0 Å². The smallest absolute Gasteiger partial charge is 0.212 e. The highest BCUT2D eigenvalue weighted by Crippen LogP contribution is 2.21. The second-order valence-electron chi connectivity index (χ2n) is 3.94. The van der Waals surface area contributed by atoms with E-state index < -0.39 is 0 Å². The molecule has 1 unspecified atom stereocenters. The highest BCUT2D eigenvalue weighted by molar-refractivity contribution is 6.31. The van der Waals surface area contributed by atoms with Gasteiger partial charge in [-0.05, 0) is 25.1 Å². The molecule has 1 aromatic carbocycles. The maximum atomic E-state index is 5.97. The van der Waals surface area contributed by atoms with Crippen molar-refractivity contribution in [3.63, 3.8) is 0 Å². The molecule has 2 heterocycles. The highest BCUT2D eigenvalue weighted by atomic mass is 35.5. The molecule has 0 fully saturated rings. The van der Waals surface area contributed by atoms with Crippen LogP contribution in [0.1, 0.15) is 18.7 Å². The van der Waals surface area contributed by atoms with E-state index in [4.69, 9.17) is 17.3 Å². The summed E-state index contributed by atoms with van der Waals surface area (Å²) >= 11 is 5.97. The van der Waals surface area contributed by atoms with Crippen LogP contribution in [0.3, 0.4) is 0 Å². The topological polar surface area (TPSA) is 59.1 Å². The zero-order chi connectivity index (χ0) is 11.3. The largest absolute Gasteiger partial charge is 0.326 e. The number of rotatable bonds is 1. The quantitative estimate of drug-likeness (QED) is 0.680. The first-order valence-corrected chi connectivity index (χ1v) is 5.45. The average Bonchev–Trinajstić information content (AvgIpc) is 2.75. The van der Waals surface area contributed by atoms with Gasteiger partial charge in [-0.15, -0.1) is 0 Å². The van der Waals surface area contributed by atoms with E-state index in [-0.39, 0.29) is 6.04 Å². The van der Waals surface area contributed by atoms with Gasteiger partial charge in [0.05, 0.1) is 16.7 Å². The summed E-state index contributed by atoms with van der Waals surface area (Å²) in [5, 5.41) is 0.706. The number of nitrogens with one attached hydrogen (secondary N) is 1. The second kappa shape index (κ2) is 3.23. The van der Waals surface area contributed by atoms with E-state index in [2.05, 4.69) is 9.97 Å². The number of H-pyrrole nitrogens is 1. The highest BCUT2D eigenvalue weighted by Gasteiger charge is 2.10. The van der Waals surface area contributed by atoms with Crippen LogP contribution in [0.2, 0.25) is 5.02 Å². The Balaban J connectivity index is 2.36. The zero-order valence-electron chi connectivity index (χ0n) is 8.74. The number of hydrogen-bond acceptors (Lipinski definition) is 2. The third-order valence-electron chi connectivity index (χ3n) is 2.67. The number of imidazole rings is 2. The van der Waals surface area contributed by atoms with Gasteiger partial charge in [-0.3, -0.25) is 4.40 Å². The van der Waals surface area contributed by atoms with Crippen LogP contribution in [-0.4, -0.2) is 14.4 Å². The minimum atomic E-state index is -0.0315. The predicted molar refractivity (Wildman–Crippen MR) is 64.7 cm³/mol. The summed E-state index contributed by atoms with van der Waals surface area (Å²) in [6.07, 6.45) is 1.96. The number of halogens is 1. The Labute approximate surface area is 97.0 Å². The van der Waals surface area contributed by atoms with Crippen molar-refractivity contribution in [3.8, 4) is 0 Å². The van der Waals surface area contributed by atoms with Gasteiger partial charge in [-0.1, -0.05) is 11.6 Å². The SMILES string of the molecule is CC(N)c1cn2c(nc3ccc(Cl)cc32)[nH]1. The van der Waals surface area contributed by atoms with Gasteiger partial charge in [0.15, 0.2) is 0 Å². The molecule has 3 aromatic rings. The van der Waals surface area contributed by atoms with Crippen LogP contribution in [0.15, 0.2) is 24.4 Å². The predicted octanol–water partition coefficient (Wildman–Crippen LogP) is 2.49. The molecule has 0 saturated heterocycles. The summed E-state index contributed by atoms with van der Waals surface area (Å²) in [7, 11) is 0. The van der Waals surface area contributed by atoms with E-state index >= 15 is 0 Å². The maximum Gasteiger partial charge on any atom is 0.212 e. The maximum absolute atomic E-state index is 5.97. The fourth-order valence-corrected chi connectivity index (χ4v) is 1.98. The van der Waals surface area contributed by atoms with Gasteiger partial charge in [0.2, 0.25) is 5.78 Å². The molecule has 16 heavy (non-hydrogen) atoms. The van der Waals surface area contributed by atoms with Crippen LogP contribution in [-0.2, 0) is 0 Å². The molecular formula is C11H11ClN4. The molecule has 4 nitrogen and oxygen atoms in total. The van der Waals surface area contributed by atoms with Gasteiger partial charge in [0, 0.05) is 17.3 Å². The van der Waals surface area contributed by atoms with Gasteiger partial charge in [0.25, 0.3) is 0 Å². The van der Waals surface area contributed by atoms with Crippen molar-refractivity contribution in [2.45, 2.75) is 13.0 Å². The van der Waals surface area contributed by atoms with Crippen LogP contribution >= 0.6 is 11.6 Å². The molecule has 0 aliphatic rings.